The molecular formula is C13H8Cl3NO3S. The molecule has 0 heterocycles. The van der Waals surface area contributed by atoms with Gasteiger partial charge in [0, 0.05) is 0 Å². The summed E-state index contributed by atoms with van der Waals surface area (Å²) in [5.74, 6) is -0.671. The Morgan fingerprint density at radius 2 is 1.57 bits per heavy atom. The molecular weight excluding hydrogens is 357 g/mol. The number of nitrogens with zero attached hydrogens (tertiary/aromatic N) is 1. The molecule has 0 fully saturated rings. The summed E-state index contributed by atoms with van der Waals surface area (Å²) in [4.78, 5) is 11.5. The molecule has 1 aliphatic rings. The molecule has 0 unspecified atom stereocenters. The van der Waals surface area contributed by atoms with Crippen molar-refractivity contribution in [2.24, 2.45) is 4.40 Å². The number of rotatable bonds is 2. The molecule has 0 aromatic heterocycles. The Morgan fingerprint density at radius 1 is 1.00 bits per heavy atom. The molecule has 0 atom stereocenters. The number of carbonyl (C=O) groups excluding carboxylic acids is 1. The molecule has 0 aliphatic heterocycles. The summed E-state index contributed by atoms with van der Waals surface area (Å²) in [5.41, 5.74) is 0.737. The first-order valence-corrected chi connectivity index (χ1v) is 8.19. The van der Waals surface area contributed by atoms with Crippen molar-refractivity contribution in [2.45, 2.75) is 11.8 Å². The maximum Gasteiger partial charge on any atom is 0.282 e. The molecule has 110 valence electrons. The van der Waals surface area contributed by atoms with Crippen molar-refractivity contribution >= 4 is 56.3 Å². The van der Waals surface area contributed by atoms with E-state index in [2.05, 4.69) is 4.40 Å². The summed E-state index contributed by atoms with van der Waals surface area (Å²) in [7, 11) is -3.98. The number of hydrogen-bond donors (Lipinski definition) is 0. The highest BCUT2D eigenvalue weighted by molar-refractivity contribution is 7.90. The Bertz CT molecular complexity index is 806. The molecule has 1 aliphatic carbocycles. The van der Waals surface area contributed by atoms with Crippen molar-refractivity contribution in [3.05, 3.63) is 51.0 Å². The van der Waals surface area contributed by atoms with Gasteiger partial charge in [0.15, 0.2) is 0 Å². The molecule has 0 bridgehead atoms. The van der Waals surface area contributed by atoms with Crippen LogP contribution in [0.3, 0.4) is 0 Å². The predicted octanol–water partition coefficient (Wildman–Crippen LogP) is 3.52. The fraction of sp³-hybridized carbons (Fsp3) is 0.0769. The highest BCUT2D eigenvalue weighted by atomic mass is 35.5. The van der Waals surface area contributed by atoms with Gasteiger partial charge in [0.05, 0.1) is 20.7 Å². The van der Waals surface area contributed by atoms with E-state index in [0.29, 0.717) is 0 Å². The third kappa shape index (κ3) is 3.37. The van der Waals surface area contributed by atoms with Crippen molar-refractivity contribution < 1.29 is 13.2 Å². The minimum absolute atomic E-state index is 0.00242. The molecule has 1 aromatic carbocycles. The van der Waals surface area contributed by atoms with Gasteiger partial charge in [0.2, 0.25) is 5.78 Å². The first-order chi connectivity index (χ1) is 9.72. The Morgan fingerprint density at radius 3 is 2.14 bits per heavy atom. The largest absolute Gasteiger partial charge is 0.287 e. The lowest BCUT2D eigenvalue weighted by Crippen LogP contribution is -2.13. The van der Waals surface area contributed by atoms with Gasteiger partial charge in [-0.15, -0.1) is 0 Å². The fourth-order valence-corrected chi connectivity index (χ4v) is 3.19. The van der Waals surface area contributed by atoms with E-state index in [1.165, 1.54) is 12.1 Å². The number of ketones is 1. The zero-order chi connectivity index (χ0) is 15.8. The number of sulfonamides is 1. The normalized spacial score (nSPS) is 18.2. The number of carbonyl (C=O) groups is 1. The van der Waals surface area contributed by atoms with E-state index in [9.17, 15) is 13.2 Å². The Hall–Kier alpha value is -1.14. The monoisotopic (exact) mass is 363 g/mol. The molecule has 1 aromatic rings. The van der Waals surface area contributed by atoms with Gasteiger partial charge < -0.3 is 0 Å². The Kier molecular flexibility index (Phi) is 4.58. The highest BCUT2D eigenvalue weighted by Gasteiger charge is 2.26. The molecule has 2 rings (SSSR count). The Balaban J connectivity index is 2.52. The van der Waals surface area contributed by atoms with Gasteiger partial charge in [-0.25, -0.2) is 0 Å². The lowest BCUT2D eigenvalue weighted by molar-refractivity contribution is -0.111. The van der Waals surface area contributed by atoms with Crippen LogP contribution < -0.4 is 0 Å². The predicted molar refractivity (Wildman–Crippen MR) is 83.5 cm³/mol. The molecule has 4 nitrogen and oxygen atoms in total. The number of allylic oxidation sites excluding steroid dienone is 4. The van der Waals surface area contributed by atoms with Gasteiger partial charge in [0.1, 0.15) is 5.03 Å². The molecule has 0 amide bonds. The van der Waals surface area contributed by atoms with Crippen LogP contribution >= 0.6 is 34.8 Å². The summed E-state index contributed by atoms with van der Waals surface area (Å²) in [5, 5.41) is -0.856. The van der Waals surface area contributed by atoms with Crippen molar-refractivity contribution in [3.8, 4) is 0 Å². The molecule has 0 spiro atoms. The molecule has 8 heteroatoms. The summed E-state index contributed by atoms with van der Waals surface area (Å²) < 4.78 is 28.0. The van der Waals surface area contributed by atoms with Gasteiger partial charge in [0.25, 0.3) is 10.0 Å². The van der Waals surface area contributed by atoms with E-state index in [4.69, 9.17) is 34.8 Å². The average molecular weight is 365 g/mol. The second kappa shape index (κ2) is 5.93. The van der Waals surface area contributed by atoms with E-state index in [1.807, 2.05) is 6.92 Å². The van der Waals surface area contributed by atoms with Gasteiger partial charge in [-0.2, -0.15) is 12.8 Å². The number of benzene rings is 1. The zero-order valence-corrected chi connectivity index (χ0v) is 13.7. The molecule has 0 saturated carbocycles. The maximum atomic E-state index is 12.2. The smallest absolute Gasteiger partial charge is 0.282 e. The van der Waals surface area contributed by atoms with Crippen molar-refractivity contribution in [1.29, 1.82) is 0 Å². The fourth-order valence-electron chi connectivity index (χ4n) is 1.52. The summed E-state index contributed by atoms with van der Waals surface area (Å²) in [6.45, 7) is 1.83. The third-order valence-corrected chi connectivity index (χ3v) is 5.06. The number of Topliss-reactive ketones (excluding diaryl/α,β-unsaturated/α-hetero) is 1. The first-order valence-electron chi connectivity index (χ1n) is 5.61. The molecule has 0 radical (unpaired) electrons. The Labute approximate surface area is 136 Å². The SMILES string of the molecule is Cc1ccc(S(=O)(=O)/N=C2\C=C(Cl)C(=O)C(Cl)=C2Cl)cc1. The van der Waals surface area contributed by atoms with Gasteiger partial charge in [-0.1, -0.05) is 52.5 Å². The third-order valence-electron chi connectivity index (χ3n) is 2.63. The molecule has 0 saturated heterocycles. The minimum atomic E-state index is -3.98. The topological polar surface area (TPSA) is 63.6 Å². The second-order valence-corrected chi connectivity index (χ2v) is 6.98. The van der Waals surface area contributed by atoms with E-state index in [-0.39, 0.29) is 25.7 Å². The second-order valence-electron chi connectivity index (χ2n) is 4.21. The highest BCUT2D eigenvalue weighted by Crippen LogP contribution is 2.28. The van der Waals surface area contributed by atoms with Crippen LogP contribution in [-0.4, -0.2) is 19.9 Å². The van der Waals surface area contributed by atoms with Crippen LogP contribution in [0.1, 0.15) is 5.56 Å². The summed E-state index contributed by atoms with van der Waals surface area (Å²) >= 11 is 17.2. The average Bonchev–Trinajstić information content (AvgIpc) is 2.42. The van der Waals surface area contributed by atoms with Gasteiger partial charge >= 0.3 is 0 Å². The van der Waals surface area contributed by atoms with Crippen molar-refractivity contribution in [2.75, 3.05) is 0 Å². The molecule has 0 N–H and O–H groups in total. The van der Waals surface area contributed by atoms with Crippen LogP contribution in [0.15, 0.2) is 54.7 Å². The summed E-state index contributed by atoms with van der Waals surface area (Å²) in [6.07, 6.45) is 1.07. The summed E-state index contributed by atoms with van der Waals surface area (Å²) in [6, 6.07) is 6.13. The lowest BCUT2D eigenvalue weighted by Gasteiger charge is -2.10. The van der Waals surface area contributed by atoms with Gasteiger partial charge in [-0.05, 0) is 25.1 Å². The van der Waals surface area contributed by atoms with Crippen LogP contribution in [0.25, 0.3) is 0 Å². The van der Waals surface area contributed by atoms with Crippen LogP contribution in [0.4, 0.5) is 0 Å². The number of hydrogen-bond acceptors (Lipinski definition) is 3. The van der Waals surface area contributed by atoms with Gasteiger partial charge in [-0.3, -0.25) is 4.79 Å². The minimum Gasteiger partial charge on any atom is -0.287 e. The van der Waals surface area contributed by atoms with Crippen LogP contribution in [-0.2, 0) is 14.8 Å². The quantitative estimate of drug-likeness (QED) is 0.754. The van der Waals surface area contributed by atoms with E-state index < -0.39 is 15.8 Å². The number of aryl methyl sites for hydroxylation is 1. The first kappa shape index (κ1) is 16.2. The lowest BCUT2D eigenvalue weighted by atomic mass is 10.1. The maximum absolute atomic E-state index is 12.2. The molecule has 21 heavy (non-hydrogen) atoms. The van der Waals surface area contributed by atoms with Crippen molar-refractivity contribution in [3.63, 3.8) is 0 Å². The van der Waals surface area contributed by atoms with Crippen LogP contribution in [0.2, 0.25) is 0 Å². The van der Waals surface area contributed by atoms with E-state index >= 15 is 0 Å². The van der Waals surface area contributed by atoms with Crippen LogP contribution in [0, 0.1) is 6.92 Å². The van der Waals surface area contributed by atoms with Crippen LogP contribution in [0.5, 0.6) is 0 Å². The number of halogens is 3. The van der Waals surface area contributed by atoms with Crippen molar-refractivity contribution in [1.82, 2.24) is 0 Å². The standard InChI is InChI=1S/C13H8Cl3NO3S/c1-7-2-4-8(5-3-7)21(19,20)17-10-6-9(14)13(18)12(16)11(10)15/h2-6H,1H3/b17-10+. The van der Waals surface area contributed by atoms with E-state index in [0.717, 1.165) is 11.6 Å². The zero-order valence-electron chi connectivity index (χ0n) is 10.6. The van der Waals surface area contributed by atoms with E-state index in [1.54, 1.807) is 12.1 Å².